The summed E-state index contributed by atoms with van der Waals surface area (Å²) in [6.45, 7) is 3.56. The number of methoxy groups -OCH3 is 2. The highest BCUT2D eigenvalue weighted by Gasteiger charge is 2.37. The molecule has 9 nitrogen and oxygen atoms in total. The summed E-state index contributed by atoms with van der Waals surface area (Å²) in [7, 11) is 2.70. The normalized spacial score (nSPS) is 14.7. The molecule has 5 rings (SSSR count). The van der Waals surface area contributed by atoms with Gasteiger partial charge in [0.1, 0.15) is 18.4 Å². The quantitative estimate of drug-likeness (QED) is 0.158. The molecule has 0 bridgehead atoms. The summed E-state index contributed by atoms with van der Waals surface area (Å²) < 4.78 is 10.7. The van der Waals surface area contributed by atoms with Crippen LogP contribution in [0.5, 0.6) is 5.75 Å². The Morgan fingerprint density at radius 3 is 2.32 bits per heavy atom. The van der Waals surface area contributed by atoms with E-state index in [1.807, 2.05) is 42.5 Å². The minimum atomic E-state index is -0.586. The van der Waals surface area contributed by atoms with E-state index in [0.29, 0.717) is 33.8 Å². The van der Waals surface area contributed by atoms with E-state index in [9.17, 15) is 19.6 Å². The van der Waals surface area contributed by atoms with Crippen molar-refractivity contribution >= 4 is 51.8 Å². The molecular weight excluding hydrogens is 675 g/mol. The predicted molar refractivity (Wildman–Crippen MR) is 195 cm³/mol. The maximum atomic E-state index is 14.6. The highest BCUT2D eigenvalue weighted by Crippen LogP contribution is 2.36. The van der Waals surface area contributed by atoms with Crippen LogP contribution < -0.4 is 10.1 Å². The van der Waals surface area contributed by atoms with Crippen molar-refractivity contribution in [3.05, 3.63) is 111 Å². The number of nitriles is 1. The van der Waals surface area contributed by atoms with E-state index in [0.717, 1.165) is 37.1 Å². The van der Waals surface area contributed by atoms with Crippen LogP contribution in [0, 0.1) is 11.3 Å². The number of carbonyl (C=O) groups excluding carboxylic acids is 3. The number of carbonyl (C=O) groups is 3. The summed E-state index contributed by atoms with van der Waals surface area (Å²) >= 11 is 12.8. The van der Waals surface area contributed by atoms with Gasteiger partial charge in [0.25, 0.3) is 5.91 Å². The van der Waals surface area contributed by atoms with E-state index in [1.165, 1.54) is 19.1 Å². The van der Waals surface area contributed by atoms with Crippen molar-refractivity contribution in [2.45, 2.75) is 37.6 Å². The van der Waals surface area contributed by atoms with Gasteiger partial charge in [0, 0.05) is 32.5 Å². The van der Waals surface area contributed by atoms with Gasteiger partial charge >= 0.3 is 5.97 Å². The number of halogens is 2. The van der Waals surface area contributed by atoms with Crippen LogP contribution in [0.25, 0.3) is 10.8 Å². The number of rotatable bonds is 12. The Bertz CT molecular complexity index is 1900. The summed E-state index contributed by atoms with van der Waals surface area (Å²) in [5, 5.41) is 15.3. The molecule has 1 heterocycles. The standard InChI is InChI=1S/C39H40Cl2N4O5/c1-26(46)43-39(31-10-5-4-6-11-31)16-19-44(20-17-39)18-15-29(27-13-14-33(40)34(41)22-27)24-45(25-35(47)49-2)38(48)36-32-12-8-7-9-28(32)21-30(23-42)37(36)50-3/h4-14,21-22,29H,15-20,24-25H2,1-3H3,(H,43,46). The fourth-order valence-corrected chi connectivity index (χ4v) is 7.21. The summed E-state index contributed by atoms with van der Waals surface area (Å²) in [5.41, 5.74) is 1.91. The predicted octanol–water partition coefficient (Wildman–Crippen LogP) is 6.94. The Kier molecular flexibility index (Phi) is 12.0. The number of nitrogens with one attached hydrogen (secondary N) is 1. The molecular formula is C39H40Cl2N4O5. The molecule has 1 atom stereocenters. The van der Waals surface area contributed by atoms with Crippen LogP contribution in [0.15, 0.2) is 78.9 Å². The van der Waals surface area contributed by atoms with Gasteiger partial charge in [-0.1, -0.05) is 83.9 Å². The topological polar surface area (TPSA) is 112 Å². The van der Waals surface area contributed by atoms with Gasteiger partial charge in [0.2, 0.25) is 5.91 Å². The first-order chi connectivity index (χ1) is 24.1. The van der Waals surface area contributed by atoms with Crippen molar-refractivity contribution in [2.24, 2.45) is 0 Å². The zero-order chi connectivity index (χ0) is 35.8. The molecule has 1 saturated heterocycles. The number of benzene rings is 4. The van der Waals surface area contributed by atoms with Crippen LogP contribution in [-0.2, 0) is 19.9 Å². The smallest absolute Gasteiger partial charge is 0.325 e. The average Bonchev–Trinajstić information content (AvgIpc) is 3.13. The lowest BCUT2D eigenvalue weighted by Crippen LogP contribution is -2.52. The fourth-order valence-electron chi connectivity index (χ4n) is 6.91. The maximum Gasteiger partial charge on any atom is 0.325 e. The second kappa shape index (κ2) is 16.4. The zero-order valence-corrected chi connectivity index (χ0v) is 29.9. The van der Waals surface area contributed by atoms with Crippen molar-refractivity contribution in [2.75, 3.05) is 46.9 Å². The molecule has 1 N–H and O–H groups in total. The maximum absolute atomic E-state index is 14.6. The molecule has 0 radical (unpaired) electrons. The van der Waals surface area contributed by atoms with Gasteiger partial charge in [-0.05, 0) is 65.9 Å². The molecule has 0 spiro atoms. The highest BCUT2D eigenvalue weighted by atomic mass is 35.5. The number of likely N-dealkylation sites (tertiary alicyclic amines) is 1. The second-order valence-electron chi connectivity index (χ2n) is 12.6. The molecule has 1 aliphatic heterocycles. The van der Waals surface area contributed by atoms with E-state index in [4.69, 9.17) is 32.7 Å². The Labute approximate surface area is 302 Å². The SMILES string of the molecule is COC(=O)CN(CC(CCN1CCC(NC(C)=O)(c2ccccc2)CC1)c1ccc(Cl)c(Cl)c1)C(=O)c1c(OC)c(C#N)cc2ccccc12. The van der Waals surface area contributed by atoms with Crippen LogP contribution in [0.1, 0.15) is 59.2 Å². The summed E-state index contributed by atoms with van der Waals surface area (Å²) in [5.74, 6) is -1.23. The van der Waals surface area contributed by atoms with Crippen LogP contribution in [-0.4, -0.2) is 74.5 Å². The number of hydrogen-bond donors (Lipinski definition) is 1. The number of fused-ring (bicyclic) bond motifs is 1. The summed E-state index contributed by atoms with van der Waals surface area (Å²) in [6, 6.07) is 26.6. The van der Waals surface area contributed by atoms with Gasteiger partial charge in [-0.2, -0.15) is 5.26 Å². The fraction of sp³-hybridized carbons (Fsp3) is 0.333. The monoisotopic (exact) mass is 714 g/mol. The number of esters is 1. The van der Waals surface area contributed by atoms with E-state index in [-0.39, 0.29) is 41.8 Å². The summed E-state index contributed by atoms with van der Waals surface area (Å²) in [6.07, 6.45) is 2.10. The van der Waals surface area contributed by atoms with E-state index in [2.05, 4.69) is 28.4 Å². The molecule has 1 unspecified atom stereocenters. The molecule has 4 aromatic carbocycles. The third-order valence-corrected chi connectivity index (χ3v) is 10.2. The lowest BCUT2D eigenvalue weighted by atomic mass is 9.80. The van der Waals surface area contributed by atoms with Crippen molar-refractivity contribution in [3.63, 3.8) is 0 Å². The molecule has 2 amide bonds. The van der Waals surface area contributed by atoms with Crippen molar-refractivity contribution in [1.82, 2.24) is 15.1 Å². The largest absolute Gasteiger partial charge is 0.495 e. The molecule has 0 aromatic heterocycles. The van der Waals surface area contributed by atoms with Crippen LogP contribution in [0.2, 0.25) is 10.0 Å². The molecule has 11 heteroatoms. The van der Waals surface area contributed by atoms with Crippen molar-refractivity contribution in [3.8, 4) is 11.8 Å². The van der Waals surface area contributed by atoms with Crippen molar-refractivity contribution in [1.29, 1.82) is 5.26 Å². The number of amides is 2. The van der Waals surface area contributed by atoms with Crippen LogP contribution in [0.4, 0.5) is 0 Å². The first kappa shape index (κ1) is 36.7. The molecule has 50 heavy (non-hydrogen) atoms. The third-order valence-electron chi connectivity index (χ3n) is 9.48. The molecule has 1 aliphatic rings. The minimum absolute atomic E-state index is 0.0675. The highest BCUT2D eigenvalue weighted by molar-refractivity contribution is 6.42. The Hall–Kier alpha value is -4.62. The van der Waals surface area contributed by atoms with Gasteiger partial charge in [-0.15, -0.1) is 0 Å². The Morgan fingerprint density at radius 2 is 1.68 bits per heavy atom. The summed E-state index contributed by atoms with van der Waals surface area (Å²) in [4.78, 5) is 43.5. The third kappa shape index (κ3) is 8.22. The molecule has 4 aromatic rings. The number of piperidine rings is 1. The van der Waals surface area contributed by atoms with Gasteiger partial charge in [0.15, 0.2) is 0 Å². The van der Waals surface area contributed by atoms with Gasteiger partial charge in [0.05, 0.1) is 40.9 Å². The van der Waals surface area contributed by atoms with E-state index < -0.39 is 17.4 Å². The number of ether oxygens (including phenoxy) is 2. The first-order valence-electron chi connectivity index (χ1n) is 16.5. The average molecular weight is 716 g/mol. The van der Waals surface area contributed by atoms with Gasteiger partial charge < -0.3 is 24.6 Å². The number of nitrogens with zero attached hydrogens (tertiary/aromatic N) is 3. The minimum Gasteiger partial charge on any atom is -0.495 e. The first-order valence-corrected chi connectivity index (χ1v) is 17.2. The molecule has 0 saturated carbocycles. The Morgan fingerprint density at radius 1 is 0.980 bits per heavy atom. The number of hydrogen-bond acceptors (Lipinski definition) is 7. The van der Waals surface area contributed by atoms with Gasteiger partial charge in [-0.25, -0.2) is 0 Å². The zero-order valence-electron chi connectivity index (χ0n) is 28.4. The van der Waals surface area contributed by atoms with Gasteiger partial charge in [-0.3, -0.25) is 14.4 Å². The van der Waals surface area contributed by atoms with Crippen LogP contribution >= 0.6 is 23.2 Å². The van der Waals surface area contributed by atoms with E-state index in [1.54, 1.807) is 31.2 Å². The lowest BCUT2D eigenvalue weighted by Gasteiger charge is -2.43. The molecule has 1 fully saturated rings. The van der Waals surface area contributed by atoms with Crippen molar-refractivity contribution < 1.29 is 23.9 Å². The second-order valence-corrected chi connectivity index (χ2v) is 13.4. The van der Waals surface area contributed by atoms with Crippen LogP contribution in [0.3, 0.4) is 0 Å². The lowest BCUT2D eigenvalue weighted by molar-refractivity contribution is -0.141. The molecule has 0 aliphatic carbocycles. The molecule has 260 valence electrons. The Balaban J connectivity index is 1.45. The van der Waals surface area contributed by atoms with E-state index >= 15 is 0 Å².